The van der Waals surface area contributed by atoms with Gasteiger partial charge in [-0.05, 0) is 30.9 Å². The molecule has 0 aliphatic rings. The first-order chi connectivity index (χ1) is 8.10. The number of hydrogen-bond donors (Lipinski definition) is 1. The molecule has 94 valence electrons. The monoisotopic (exact) mass is 274 g/mol. The van der Waals surface area contributed by atoms with Crippen molar-refractivity contribution >= 4 is 29.3 Å². The highest BCUT2D eigenvalue weighted by atomic mass is 35.5. The highest BCUT2D eigenvalue weighted by molar-refractivity contribution is 7.99. The van der Waals surface area contributed by atoms with E-state index in [2.05, 4.69) is 0 Å². The Balaban J connectivity index is 2.81. The number of hydrogen-bond acceptors (Lipinski definition) is 4. The molecule has 3 nitrogen and oxygen atoms in total. The maximum Gasteiger partial charge on any atom is 0.322 e. The van der Waals surface area contributed by atoms with Gasteiger partial charge in [0.05, 0.1) is 6.61 Å². The Kier molecular flexibility index (Phi) is 5.82. The lowest BCUT2D eigenvalue weighted by atomic mass is 10.1. The molecule has 0 amide bonds. The molecule has 1 aromatic rings. The summed E-state index contributed by atoms with van der Waals surface area (Å²) >= 11 is 7.03. The lowest BCUT2D eigenvalue weighted by molar-refractivity contribution is -0.144. The average molecular weight is 275 g/mol. The Hall–Kier alpha value is -0.710. The van der Waals surface area contributed by atoms with Gasteiger partial charge < -0.3 is 9.84 Å². The number of carbonyl (C=O) groups is 1. The molecular formula is C12H15ClO3S. The second kappa shape index (κ2) is 6.89. The molecule has 1 aromatic carbocycles. The van der Waals surface area contributed by atoms with Crippen LogP contribution in [0.25, 0.3) is 0 Å². The Labute approximate surface area is 110 Å². The van der Waals surface area contributed by atoms with Gasteiger partial charge in [0.2, 0.25) is 0 Å². The normalized spacial score (nSPS) is 14.1. The molecule has 1 N–H and O–H groups in total. The summed E-state index contributed by atoms with van der Waals surface area (Å²) in [6.07, 6.45) is 0.877. The van der Waals surface area contributed by atoms with Gasteiger partial charge >= 0.3 is 5.97 Å². The van der Waals surface area contributed by atoms with Gasteiger partial charge in [-0.1, -0.05) is 23.7 Å². The Bertz CT molecular complexity index is 367. The molecule has 0 fully saturated rings. The SMILES string of the molecule is CCOC(=O)[C@@H](SC)[C@H](O)c1ccc(Cl)cc1. The van der Waals surface area contributed by atoms with E-state index in [1.807, 2.05) is 0 Å². The molecule has 1 rings (SSSR count). The van der Waals surface area contributed by atoms with Crippen LogP contribution >= 0.6 is 23.4 Å². The van der Waals surface area contributed by atoms with Crippen molar-refractivity contribution in [3.63, 3.8) is 0 Å². The lowest BCUT2D eigenvalue weighted by Gasteiger charge is -2.19. The molecule has 17 heavy (non-hydrogen) atoms. The van der Waals surface area contributed by atoms with Crippen LogP contribution in [0.15, 0.2) is 24.3 Å². The summed E-state index contributed by atoms with van der Waals surface area (Å²) in [5.41, 5.74) is 0.654. The number of rotatable bonds is 5. The van der Waals surface area contributed by atoms with Crippen molar-refractivity contribution in [3.8, 4) is 0 Å². The van der Waals surface area contributed by atoms with Crippen molar-refractivity contribution in [2.75, 3.05) is 12.9 Å². The van der Waals surface area contributed by atoms with E-state index in [1.54, 1.807) is 37.4 Å². The second-order valence-corrected chi connectivity index (χ2v) is 4.82. The van der Waals surface area contributed by atoms with Gasteiger partial charge in [0.25, 0.3) is 0 Å². The largest absolute Gasteiger partial charge is 0.465 e. The zero-order valence-electron chi connectivity index (χ0n) is 9.72. The minimum Gasteiger partial charge on any atom is -0.465 e. The van der Waals surface area contributed by atoms with Gasteiger partial charge in [0.1, 0.15) is 11.4 Å². The molecule has 0 saturated heterocycles. The summed E-state index contributed by atoms with van der Waals surface area (Å²) in [5, 5.41) is 10.1. The topological polar surface area (TPSA) is 46.5 Å². The van der Waals surface area contributed by atoms with Crippen molar-refractivity contribution in [2.45, 2.75) is 18.3 Å². The number of benzene rings is 1. The van der Waals surface area contributed by atoms with Crippen LogP contribution in [0.2, 0.25) is 5.02 Å². The van der Waals surface area contributed by atoms with Crippen molar-refractivity contribution in [2.24, 2.45) is 0 Å². The highest BCUT2D eigenvalue weighted by Crippen LogP contribution is 2.27. The van der Waals surface area contributed by atoms with Crippen LogP contribution in [0.4, 0.5) is 0 Å². The third-order valence-corrected chi connectivity index (χ3v) is 3.48. The summed E-state index contributed by atoms with van der Waals surface area (Å²) < 4.78 is 4.92. The van der Waals surface area contributed by atoms with Gasteiger partial charge in [0.15, 0.2) is 0 Å². The van der Waals surface area contributed by atoms with E-state index in [0.29, 0.717) is 17.2 Å². The Morgan fingerprint density at radius 2 is 2.06 bits per heavy atom. The Morgan fingerprint density at radius 1 is 1.47 bits per heavy atom. The predicted molar refractivity (Wildman–Crippen MR) is 70.3 cm³/mol. The van der Waals surface area contributed by atoms with Crippen molar-refractivity contribution in [3.05, 3.63) is 34.9 Å². The van der Waals surface area contributed by atoms with E-state index >= 15 is 0 Å². The zero-order valence-corrected chi connectivity index (χ0v) is 11.3. The summed E-state index contributed by atoms with van der Waals surface area (Å²) in [4.78, 5) is 11.6. The van der Waals surface area contributed by atoms with E-state index < -0.39 is 17.3 Å². The number of thioether (sulfide) groups is 1. The number of esters is 1. The van der Waals surface area contributed by atoms with E-state index in [0.717, 1.165) is 0 Å². The van der Waals surface area contributed by atoms with Crippen LogP contribution in [0.3, 0.4) is 0 Å². The molecule has 0 heterocycles. The van der Waals surface area contributed by atoms with Crippen molar-refractivity contribution in [1.82, 2.24) is 0 Å². The molecule has 2 atom stereocenters. The molecule has 0 aliphatic heterocycles. The standard InChI is InChI=1S/C12H15ClO3S/c1-3-16-12(15)11(17-2)10(14)8-4-6-9(13)7-5-8/h4-7,10-11,14H,3H2,1-2H3/t10-,11+/m1/s1. The summed E-state index contributed by atoms with van der Waals surface area (Å²) in [6.45, 7) is 2.05. The average Bonchev–Trinajstić information content (AvgIpc) is 2.31. The van der Waals surface area contributed by atoms with E-state index in [-0.39, 0.29) is 0 Å². The number of ether oxygens (including phenoxy) is 1. The highest BCUT2D eigenvalue weighted by Gasteiger charge is 2.28. The first-order valence-corrected chi connectivity index (χ1v) is 6.89. The van der Waals surface area contributed by atoms with E-state index in [4.69, 9.17) is 16.3 Å². The number of aliphatic hydroxyl groups excluding tert-OH is 1. The molecule has 0 aliphatic carbocycles. The molecule has 0 spiro atoms. The molecule has 0 bridgehead atoms. The van der Waals surface area contributed by atoms with Gasteiger partial charge in [-0.3, -0.25) is 4.79 Å². The first-order valence-electron chi connectivity index (χ1n) is 5.23. The fourth-order valence-electron chi connectivity index (χ4n) is 1.41. The third kappa shape index (κ3) is 3.91. The van der Waals surface area contributed by atoms with Gasteiger partial charge in [-0.2, -0.15) is 0 Å². The first kappa shape index (κ1) is 14.4. The molecule has 0 saturated carbocycles. The van der Waals surface area contributed by atoms with Crippen molar-refractivity contribution in [1.29, 1.82) is 0 Å². The third-order valence-electron chi connectivity index (χ3n) is 2.27. The number of aliphatic hydroxyl groups is 1. The summed E-state index contributed by atoms with van der Waals surface area (Å²) in [5.74, 6) is -0.401. The number of halogens is 1. The maximum absolute atomic E-state index is 11.6. The smallest absolute Gasteiger partial charge is 0.322 e. The van der Waals surface area contributed by atoms with E-state index in [1.165, 1.54) is 11.8 Å². The van der Waals surface area contributed by atoms with Gasteiger partial charge in [-0.25, -0.2) is 0 Å². The summed E-state index contributed by atoms with van der Waals surface area (Å²) in [7, 11) is 0. The Morgan fingerprint density at radius 3 is 2.53 bits per heavy atom. The number of carbonyl (C=O) groups excluding carboxylic acids is 1. The summed E-state index contributed by atoms with van der Waals surface area (Å²) in [6, 6.07) is 6.77. The molecular weight excluding hydrogens is 260 g/mol. The lowest BCUT2D eigenvalue weighted by Crippen LogP contribution is -2.27. The second-order valence-electron chi connectivity index (χ2n) is 3.40. The minimum atomic E-state index is -0.888. The predicted octanol–water partition coefficient (Wildman–Crippen LogP) is 2.67. The van der Waals surface area contributed by atoms with Gasteiger partial charge in [-0.15, -0.1) is 11.8 Å². The van der Waals surface area contributed by atoms with Crippen LogP contribution in [0.5, 0.6) is 0 Å². The molecule has 0 radical (unpaired) electrons. The van der Waals surface area contributed by atoms with Crippen LogP contribution in [0.1, 0.15) is 18.6 Å². The van der Waals surface area contributed by atoms with Crippen LogP contribution in [-0.2, 0) is 9.53 Å². The van der Waals surface area contributed by atoms with Gasteiger partial charge in [0, 0.05) is 5.02 Å². The molecule has 0 unspecified atom stereocenters. The maximum atomic E-state index is 11.6. The fourth-order valence-corrected chi connectivity index (χ4v) is 2.21. The zero-order chi connectivity index (χ0) is 12.8. The molecule has 0 aromatic heterocycles. The van der Waals surface area contributed by atoms with Crippen LogP contribution in [0, 0.1) is 0 Å². The van der Waals surface area contributed by atoms with E-state index in [9.17, 15) is 9.90 Å². The van der Waals surface area contributed by atoms with Crippen LogP contribution in [-0.4, -0.2) is 29.2 Å². The minimum absolute atomic E-state index is 0.309. The fraction of sp³-hybridized carbons (Fsp3) is 0.417. The quantitative estimate of drug-likeness (QED) is 0.839. The van der Waals surface area contributed by atoms with Crippen LogP contribution < -0.4 is 0 Å². The van der Waals surface area contributed by atoms with Crippen molar-refractivity contribution < 1.29 is 14.6 Å². The molecule has 5 heteroatoms.